The van der Waals surface area contributed by atoms with Gasteiger partial charge >= 0.3 is 0 Å². The Morgan fingerprint density at radius 2 is 0.864 bits per heavy atom. The summed E-state index contributed by atoms with van der Waals surface area (Å²) in [5, 5.41) is 87.1. The summed E-state index contributed by atoms with van der Waals surface area (Å²) in [6, 6.07) is -0.973. The van der Waals surface area contributed by atoms with Crippen LogP contribution in [-0.2, 0) is 23.7 Å². The van der Waals surface area contributed by atoms with E-state index in [0.717, 1.165) is 70.6 Å². The Balaban J connectivity index is 1.80. The summed E-state index contributed by atoms with van der Waals surface area (Å²) in [7, 11) is 0. The van der Waals surface area contributed by atoms with Crippen molar-refractivity contribution in [2.45, 2.75) is 261 Å². The maximum absolute atomic E-state index is 13.2. The number of nitrogens with one attached hydrogen (secondary N) is 1. The Hall–Kier alpha value is -3.87. The minimum Gasteiger partial charge on any atom is -0.394 e. The number of hydrogen-bond donors (Lipinski definition) is 9. The zero-order valence-corrected chi connectivity index (χ0v) is 49.5. The molecule has 0 aromatic carbocycles. The molecule has 0 saturated carbocycles. The highest BCUT2D eigenvalue weighted by Crippen LogP contribution is 2.30. The zero-order valence-electron chi connectivity index (χ0n) is 49.5. The van der Waals surface area contributed by atoms with E-state index in [4.69, 9.17) is 18.9 Å². The Morgan fingerprint density at radius 3 is 1.36 bits per heavy atom. The predicted molar refractivity (Wildman–Crippen MR) is 327 cm³/mol. The molecule has 460 valence electrons. The molecule has 0 bridgehead atoms. The third-order valence-electron chi connectivity index (χ3n) is 14.1. The molecular weight excluding hydrogens is 1030 g/mol. The molecule has 12 atom stereocenters. The van der Waals surface area contributed by atoms with Crippen molar-refractivity contribution < 1.29 is 64.6 Å². The second kappa shape index (κ2) is 50.6. The minimum absolute atomic E-state index is 0.184. The highest BCUT2D eigenvalue weighted by Gasteiger charge is 2.51. The number of carbonyl (C=O) groups is 1. The molecule has 2 heterocycles. The van der Waals surface area contributed by atoms with Crippen LogP contribution >= 0.6 is 0 Å². The fourth-order valence-electron chi connectivity index (χ4n) is 9.13. The average Bonchev–Trinajstić information content (AvgIpc) is 3.47. The Labute approximate surface area is 488 Å². The van der Waals surface area contributed by atoms with E-state index in [1.807, 2.05) is 12.2 Å². The second-order valence-corrected chi connectivity index (χ2v) is 21.1. The van der Waals surface area contributed by atoms with E-state index in [1.165, 1.54) is 77.0 Å². The van der Waals surface area contributed by atoms with Crippen molar-refractivity contribution in [1.29, 1.82) is 0 Å². The molecule has 0 spiro atoms. The van der Waals surface area contributed by atoms with Crippen molar-refractivity contribution in [2.24, 2.45) is 0 Å². The van der Waals surface area contributed by atoms with Gasteiger partial charge in [-0.15, -0.1) is 0 Å². The van der Waals surface area contributed by atoms with Crippen LogP contribution in [0, 0.1) is 0 Å². The molecule has 0 aliphatic carbocycles. The lowest BCUT2D eigenvalue weighted by Crippen LogP contribution is -2.65. The van der Waals surface area contributed by atoms with E-state index in [-0.39, 0.29) is 18.9 Å². The number of ether oxygens (including phenoxy) is 4. The van der Waals surface area contributed by atoms with E-state index < -0.39 is 86.8 Å². The van der Waals surface area contributed by atoms with Gasteiger partial charge in [-0.1, -0.05) is 218 Å². The third-order valence-corrected chi connectivity index (χ3v) is 14.1. The molecule has 2 saturated heterocycles. The van der Waals surface area contributed by atoms with Gasteiger partial charge < -0.3 is 65.1 Å². The lowest BCUT2D eigenvalue weighted by molar-refractivity contribution is -0.359. The smallest absolute Gasteiger partial charge is 0.220 e. The molecule has 14 heteroatoms. The molecule has 2 aliphatic rings. The summed E-state index contributed by atoms with van der Waals surface area (Å²) in [4.78, 5) is 13.2. The van der Waals surface area contributed by atoms with Crippen LogP contribution in [0.25, 0.3) is 0 Å². The number of aliphatic hydroxyl groups is 8. The van der Waals surface area contributed by atoms with E-state index >= 15 is 0 Å². The van der Waals surface area contributed by atoms with Gasteiger partial charge in [-0.25, -0.2) is 0 Å². The fraction of sp³-hybridized carbons (Fsp3) is 0.657. The number of aliphatic hydroxyl groups excluding tert-OH is 8. The average molecular weight is 1140 g/mol. The van der Waals surface area contributed by atoms with E-state index in [1.54, 1.807) is 6.08 Å². The molecule has 0 aromatic rings. The molecule has 2 aliphatic heterocycles. The maximum Gasteiger partial charge on any atom is 0.220 e. The largest absolute Gasteiger partial charge is 0.394 e. The summed E-state index contributed by atoms with van der Waals surface area (Å²) in [5.41, 5.74) is 0. The molecule has 2 fully saturated rings. The summed E-state index contributed by atoms with van der Waals surface area (Å²) in [6.45, 7) is 2.61. The molecule has 2 rings (SSSR count). The van der Waals surface area contributed by atoms with Crippen LogP contribution in [0.15, 0.2) is 134 Å². The van der Waals surface area contributed by atoms with Crippen molar-refractivity contribution in [1.82, 2.24) is 5.32 Å². The highest BCUT2D eigenvalue weighted by atomic mass is 16.7. The highest BCUT2D eigenvalue weighted by molar-refractivity contribution is 5.76. The van der Waals surface area contributed by atoms with Crippen LogP contribution in [0.2, 0.25) is 0 Å². The first-order valence-corrected chi connectivity index (χ1v) is 30.9. The number of carbonyl (C=O) groups excluding carboxylic acids is 1. The van der Waals surface area contributed by atoms with Crippen LogP contribution in [0.4, 0.5) is 0 Å². The lowest BCUT2D eigenvalue weighted by atomic mass is 9.97. The van der Waals surface area contributed by atoms with Gasteiger partial charge in [0.2, 0.25) is 5.91 Å². The van der Waals surface area contributed by atoms with Crippen LogP contribution in [0.1, 0.15) is 187 Å². The van der Waals surface area contributed by atoms with Crippen molar-refractivity contribution in [3.63, 3.8) is 0 Å². The van der Waals surface area contributed by atoms with E-state index in [2.05, 4.69) is 135 Å². The first-order chi connectivity index (χ1) is 39.6. The molecule has 0 radical (unpaired) electrons. The molecular formula is C67H109NO13. The Bertz CT molecular complexity index is 1870. The van der Waals surface area contributed by atoms with Crippen LogP contribution in [0.5, 0.6) is 0 Å². The van der Waals surface area contributed by atoms with E-state index in [0.29, 0.717) is 19.3 Å². The number of allylic oxidation sites excluding steroid dienone is 21. The molecule has 0 aromatic heterocycles. The summed E-state index contributed by atoms with van der Waals surface area (Å²) in [6.07, 6.45) is 57.8. The van der Waals surface area contributed by atoms with Crippen LogP contribution < -0.4 is 5.32 Å². The van der Waals surface area contributed by atoms with Gasteiger partial charge in [0.05, 0.1) is 32.0 Å². The monoisotopic (exact) mass is 1140 g/mol. The van der Waals surface area contributed by atoms with E-state index in [9.17, 15) is 45.6 Å². The van der Waals surface area contributed by atoms with Gasteiger partial charge in [-0.05, 0) is 96.3 Å². The molecule has 1 amide bonds. The van der Waals surface area contributed by atoms with Gasteiger partial charge in [-0.2, -0.15) is 0 Å². The number of amides is 1. The second-order valence-electron chi connectivity index (χ2n) is 21.1. The van der Waals surface area contributed by atoms with Gasteiger partial charge in [0.1, 0.15) is 48.8 Å². The Morgan fingerprint density at radius 1 is 0.457 bits per heavy atom. The first-order valence-electron chi connectivity index (χ1n) is 30.9. The molecule has 14 nitrogen and oxygen atoms in total. The number of unbranched alkanes of at least 4 members (excludes halogenated alkanes) is 14. The molecule has 12 unspecified atom stereocenters. The molecule has 9 N–H and O–H groups in total. The summed E-state index contributed by atoms with van der Waals surface area (Å²) < 4.78 is 22.7. The summed E-state index contributed by atoms with van der Waals surface area (Å²) in [5.74, 6) is -0.313. The van der Waals surface area contributed by atoms with Crippen LogP contribution in [-0.4, -0.2) is 140 Å². The van der Waals surface area contributed by atoms with Crippen molar-refractivity contribution in [3.8, 4) is 0 Å². The normalized spacial score (nSPS) is 25.1. The SMILES string of the molecule is CC/C=C\C/C=C\C/C=C\C/C=C\C/C=C\C/C=C\C/C=C\C/C=C\C/C=C\CCCC(=O)NC(COC1OC(CO)C(OC2OC(CO)C(O)C(O)C2O)C(O)C1O)C(O)/C=C/CC/C=C/CCCCCCCCCCCCCC. The fourth-order valence-corrected chi connectivity index (χ4v) is 9.13. The topological polar surface area (TPSA) is 228 Å². The number of hydrogen-bond acceptors (Lipinski definition) is 13. The van der Waals surface area contributed by atoms with Gasteiger partial charge in [-0.3, -0.25) is 4.79 Å². The number of rotatable bonds is 47. The summed E-state index contributed by atoms with van der Waals surface area (Å²) >= 11 is 0. The van der Waals surface area contributed by atoms with Gasteiger partial charge in [0, 0.05) is 6.42 Å². The maximum atomic E-state index is 13.2. The third kappa shape index (κ3) is 35.8. The Kier molecular flexibility index (Phi) is 45.8. The van der Waals surface area contributed by atoms with Crippen LogP contribution in [0.3, 0.4) is 0 Å². The predicted octanol–water partition coefficient (Wildman–Crippen LogP) is 11.2. The zero-order chi connectivity index (χ0) is 58.8. The first kappa shape index (κ1) is 73.2. The van der Waals surface area contributed by atoms with Crippen molar-refractivity contribution >= 4 is 5.91 Å². The van der Waals surface area contributed by atoms with Crippen molar-refractivity contribution in [2.75, 3.05) is 19.8 Å². The quantitative estimate of drug-likeness (QED) is 0.0204. The lowest BCUT2D eigenvalue weighted by Gasteiger charge is -2.46. The molecule has 81 heavy (non-hydrogen) atoms. The van der Waals surface area contributed by atoms with Gasteiger partial charge in [0.25, 0.3) is 0 Å². The van der Waals surface area contributed by atoms with Crippen molar-refractivity contribution in [3.05, 3.63) is 134 Å². The van der Waals surface area contributed by atoms with Gasteiger partial charge in [0.15, 0.2) is 12.6 Å². The minimum atomic E-state index is -1.80. The standard InChI is InChI=1S/C67H109NO13/c1-3-5-7-9-11-13-15-17-19-21-23-24-25-26-27-28-29-30-31-32-33-35-37-39-41-43-45-47-49-51-59(72)68-55(56(71)50-48-46-44-42-40-38-36-34-22-20-18-16-14-12-10-8-6-4-2)54-78-66-64(77)62(75)65(58(53-70)80-66)81-67-63(76)61(74)60(73)57(52-69)79-67/h5,7,11,13,17,19,23-24,26-27,29-30,32-33,37,39-40,42-43,45,48,50,55-58,60-67,69-71,73-77H,3-4,6,8-10,12,14-16,18,20-22,25,28,31,34-36,38,41,44,46-47,49,51-54H2,1-2H3,(H,68,72)/b7-5-,13-11-,19-17-,24-23-,27-26-,30-29-,33-32-,39-37-,42-40+,45-43-,50-48+.